The number of aryl methyl sites for hydroxylation is 1. The van der Waals surface area contributed by atoms with E-state index in [1.165, 1.54) is 0 Å². The van der Waals surface area contributed by atoms with E-state index in [1.807, 2.05) is 0 Å². The zero-order chi connectivity index (χ0) is 14.1. The molecule has 0 aliphatic rings. The first kappa shape index (κ1) is 15.1. The molecule has 0 saturated carbocycles. The molecule has 0 N–H and O–H groups in total. The van der Waals surface area contributed by atoms with Crippen LogP contribution in [-0.4, -0.2) is 25.9 Å². The minimum Gasteiger partial charge on any atom is -0.493 e. The number of unbranched alkanes of at least 4 members (excludes halogenated alkanes) is 1. The Morgan fingerprint density at radius 1 is 1.37 bits per heavy atom. The van der Waals surface area contributed by atoms with Gasteiger partial charge in [0.2, 0.25) is 0 Å². The molecule has 4 heteroatoms. The van der Waals surface area contributed by atoms with Crippen molar-refractivity contribution in [2.24, 2.45) is 4.99 Å². The molecule has 0 aromatic heterocycles. The third kappa shape index (κ3) is 4.32. The number of aliphatic imine (C=N–C) groups is 1. The molecule has 0 radical (unpaired) electrons. The van der Waals surface area contributed by atoms with Crippen LogP contribution in [0.1, 0.15) is 42.1 Å². The summed E-state index contributed by atoms with van der Waals surface area (Å²) in [6, 6.07) is 3.54. The molecule has 1 aromatic rings. The van der Waals surface area contributed by atoms with Crippen LogP contribution in [-0.2, 0) is 11.2 Å². The number of nitrogens with zero attached hydrogens (tertiary/aromatic N) is 1. The van der Waals surface area contributed by atoms with Crippen molar-refractivity contribution < 1.29 is 14.3 Å². The molecule has 0 heterocycles. The van der Waals surface area contributed by atoms with Crippen molar-refractivity contribution in [3.63, 3.8) is 0 Å². The highest BCUT2D eigenvalue weighted by Gasteiger charge is 2.09. The van der Waals surface area contributed by atoms with Gasteiger partial charge in [0.1, 0.15) is 12.0 Å². The maximum absolute atomic E-state index is 11.0. The quantitative estimate of drug-likeness (QED) is 0.390. The van der Waals surface area contributed by atoms with Gasteiger partial charge < -0.3 is 9.53 Å². The fraction of sp³-hybridized carbons (Fsp3) is 0.400. The molecule has 4 nitrogen and oxygen atoms in total. The highest BCUT2D eigenvalue weighted by Crippen LogP contribution is 2.29. The van der Waals surface area contributed by atoms with E-state index in [1.54, 1.807) is 12.1 Å². The van der Waals surface area contributed by atoms with Crippen LogP contribution in [0.25, 0.3) is 0 Å². The monoisotopic (exact) mass is 261 g/mol. The lowest BCUT2D eigenvalue weighted by Crippen LogP contribution is -2.01. The molecule has 0 saturated heterocycles. The average molecular weight is 261 g/mol. The Morgan fingerprint density at radius 2 is 2.16 bits per heavy atom. The van der Waals surface area contributed by atoms with Crippen LogP contribution in [0.4, 0.5) is 5.69 Å². The van der Waals surface area contributed by atoms with Gasteiger partial charge in [0, 0.05) is 18.1 Å². The Labute approximate surface area is 113 Å². The minimum absolute atomic E-state index is 0.479. The van der Waals surface area contributed by atoms with Crippen LogP contribution < -0.4 is 4.74 Å². The van der Waals surface area contributed by atoms with Gasteiger partial charge in [-0.15, -0.1) is 0 Å². The molecule has 0 fully saturated rings. The summed E-state index contributed by atoms with van der Waals surface area (Å²) in [5.74, 6) is 0.723. The standard InChI is InChI=1S/C15H19NO3/c1-3-6-12-9-13(11-18)14(16-2)10-15(12)19-8-5-4-7-17/h7,9-11H,2-6,8H2,1H3. The second-order valence-corrected chi connectivity index (χ2v) is 4.20. The largest absolute Gasteiger partial charge is 0.493 e. The molecule has 0 unspecified atom stereocenters. The molecular formula is C15H19NO3. The number of carbonyl (C=O) groups is 2. The van der Waals surface area contributed by atoms with Crippen LogP contribution in [0.2, 0.25) is 0 Å². The lowest BCUT2D eigenvalue weighted by molar-refractivity contribution is -0.108. The van der Waals surface area contributed by atoms with Crippen molar-refractivity contribution >= 4 is 25.0 Å². The van der Waals surface area contributed by atoms with E-state index < -0.39 is 0 Å². The molecule has 102 valence electrons. The van der Waals surface area contributed by atoms with E-state index in [2.05, 4.69) is 18.6 Å². The number of rotatable bonds is 9. The van der Waals surface area contributed by atoms with Gasteiger partial charge in [-0.05, 0) is 31.2 Å². The van der Waals surface area contributed by atoms with Crippen LogP contribution in [0.15, 0.2) is 17.1 Å². The molecular weight excluding hydrogens is 242 g/mol. The first-order valence-electron chi connectivity index (χ1n) is 6.42. The third-order valence-corrected chi connectivity index (χ3v) is 2.75. The second kappa shape index (κ2) is 8.19. The maximum atomic E-state index is 11.0. The van der Waals surface area contributed by atoms with Gasteiger partial charge in [0.25, 0.3) is 0 Å². The third-order valence-electron chi connectivity index (χ3n) is 2.75. The van der Waals surface area contributed by atoms with Gasteiger partial charge in [-0.3, -0.25) is 9.79 Å². The number of carbonyl (C=O) groups excluding carboxylic acids is 2. The van der Waals surface area contributed by atoms with Crippen molar-refractivity contribution in [3.8, 4) is 5.75 Å². The number of aldehydes is 2. The molecule has 1 rings (SSSR count). The Balaban J connectivity index is 2.94. The fourth-order valence-corrected chi connectivity index (χ4v) is 1.81. The van der Waals surface area contributed by atoms with Gasteiger partial charge in [-0.2, -0.15) is 0 Å². The normalized spacial score (nSPS) is 9.95. The zero-order valence-electron chi connectivity index (χ0n) is 11.2. The zero-order valence-corrected chi connectivity index (χ0v) is 11.2. The minimum atomic E-state index is 0.479. The van der Waals surface area contributed by atoms with Crippen LogP contribution in [0.5, 0.6) is 5.75 Å². The lowest BCUT2D eigenvalue weighted by Gasteiger charge is -2.13. The second-order valence-electron chi connectivity index (χ2n) is 4.20. The summed E-state index contributed by atoms with van der Waals surface area (Å²) in [6.07, 6.45) is 4.62. The smallest absolute Gasteiger partial charge is 0.152 e. The number of hydrogen-bond acceptors (Lipinski definition) is 4. The first-order chi connectivity index (χ1) is 9.26. The Hall–Kier alpha value is -1.97. The van der Waals surface area contributed by atoms with E-state index in [4.69, 9.17) is 4.74 Å². The topological polar surface area (TPSA) is 55.7 Å². The molecule has 1 aromatic carbocycles. The Morgan fingerprint density at radius 3 is 2.74 bits per heavy atom. The van der Waals surface area contributed by atoms with Gasteiger partial charge in [-0.25, -0.2) is 0 Å². The van der Waals surface area contributed by atoms with Crippen molar-refractivity contribution in [1.29, 1.82) is 0 Å². The van der Waals surface area contributed by atoms with Crippen molar-refractivity contribution in [2.45, 2.75) is 32.6 Å². The van der Waals surface area contributed by atoms with E-state index >= 15 is 0 Å². The lowest BCUT2D eigenvalue weighted by atomic mass is 10.0. The van der Waals surface area contributed by atoms with Gasteiger partial charge in [-0.1, -0.05) is 13.3 Å². The van der Waals surface area contributed by atoms with Crippen molar-refractivity contribution in [1.82, 2.24) is 0 Å². The highest BCUT2D eigenvalue weighted by atomic mass is 16.5. The molecule has 0 aliphatic heterocycles. The summed E-state index contributed by atoms with van der Waals surface area (Å²) in [6.45, 7) is 6.00. The predicted molar refractivity (Wildman–Crippen MR) is 75.8 cm³/mol. The molecule has 19 heavy (non-hydrogen) atoms. The van der Waals surface area contributed by atoms with E-state index in [-0.39, 0.29) is 0 Å². The molecule has 0 bridgehead atoms. The SMILES string of the molecule is C=Nc1cc(OCCCC=O)c(CCC)cc1C=O. The predicted octanol–water partition coefficient (Wildman–Crippen LogP) is 3.14. The summed E-state index contributed by atoms with van der Waals surface area (Å²) in [5.41, 5.74) is 2.04. The number of hydrogen-bond donors (Lipinski definition) is 0. The summed E-state index contributed by atoms with van der Waals surface area (Å²) in [5, 5.41) is 0. The van der Waals surface area contributed by atoms with E-state index in [0.717, 1.165) is 36.7 Å². The summed E-state index contributed by atoms with van der Waals surface area (Å²) in [4.78, 5) is 25.1. The van der Waals surface area contributed by atoms with Crippen LogP contribution in [0, 0.1) is 0 Å². The fourth-order valence-electron chi connectivity index (χ4n) is 1.81. The molecule has 0 aliphatic carbocycles. The average Bonchev–Trinajstić information content (AvgIpc) is 2.44. The highest BCUT2D eigenvalue weighted by molar-refractivity contribution is 5.84. The van der Waals surface area contributed by atoms with E-state index in [9.17, 15) is 9.59 Å². The molecule has 0 amide bonds. The Bertz CT molecular complexity index is 455. The number of benzene rings is 1. The Kier molecular flexibility index (Phi) is 6.50. The van der Waals surface area contributed by atoms with Gasteiger partial charge in [0.05, 0.1) is 12.3 Å². The number of ether oxygens (including phenoxy) is 1. The van der Waals surface area contributed by atoms with Crippen LogP contribution >= 0.6 is 0 Å². The summed E-state index contributed by atoms with van der Waals surface area (Å²) < 4.78 is 5.67. The van der Waals surface area contributed by atoms with Crippen molar-refractivity contribution in [3.05, 3.63) is 23.3 Å². The molecule has 0 atom stereocenters. The molecule has 0 spiro atoms. The van der Waals surface area contributed by atoms with Gasteiger partial charge >= 0.3 is 0 Å². The van der Waals surface area contributed by atoms with E-state index in [0.29, 0.717) is 30.7 Å². The van der Waals surface area contributed by atoms with Crippen LogP contribution in [0.3, 0.4) is 0 Å². The van der Waals surface area contributed by atoms with Gasteiger partial charge in [0.15, 0.2) is 6.29 Å². The maximum Gasteiger partial charge on any atom is 0.152 e. The summed E-state index contributed by atoms with van der Waals surface area (Å²) in [7, 11) is 0. The first-order valence-corrected chi connectivity index (χ1v) is 6.42. The summed E-state index contributed by atoms with van der Waals surface area (Å²) >= 11 is 0. The van der Waals surface area contributed by atoms with Crippen molar-refractivity contribution in [2.75, 3.05) is 6.61 Å².